The highest BCUT2D eigenvalue weighted by Gasteiger charge is 2.43. The van der Waals surface area contributed by atoms with Crippen LogP contribution in [0, 0.1) is 12.7 Å². The summed E-state index contributed by atoms with van der Waals surface area (Å²) in [5.74, 6) is 2.06. The number of carbonyl (C=O) groups excluding carboxylic acids is 1. The van der Waals surface area contributed by atoms with Gasteiger partial charge in [0, 0.05) is 37.1 Å². The normalized spacial score (nSPS) is 19.8. The van der Waals surface area contributed by atoms with Gasteiger partial charge in [-0.15, -0.1) is 10.2 Å². The molecule has 5 heterocycles. The number of anilines is 2. The van der Waals surface area contributed by atoms with Crippen molar-refractivity contribution in [2.24, 2.45) is 0 Å². The van der Waals surface area contributed by atoms with Gasteiger partial charge in [0.2, 0.25) is 0 Å². The van der Waals surface area contributed by atoms with Crippen LogP contribution in [0.2, 0.25) is 0 Å². The number of fused-ring (bicyclic) bond motifs is 1. The smallest absolute Gasteiger partial charge is 0.252 e. The molecule has 1 atom stereocenters. The number of H-pyrrole nitrogens is 1. The Labute approximate surface area is 234 Å². The molecule has 0 aromatic carbocycles. The number of ether oxygens (including phenoxy) is 1. The summed E-state index contributed by atoms with van der Waals surface area (Å²) in [5.41, 5.74) is 1.47. The van der Waals surface area contributed by atoms with Crippen LogP contribution in [0.4, 0.5) is 16.0 Å². The zero-order valence-electron chi connectivity index (χ0n) is 22.9. The monoisotopic (exact) mass is 559 g/mol. The largest absolute Gasteiger partial charge is 0.368 e. The molecule has 0 spiro atoms. The maximum absolute atomic E-state index is 13.5. The summed E-state index contributed by atoms with van der Waals surface area (Å²) in [6.07, 6.45) is 8.12. The van der Waals surface area contributed by atoms with Crippen molar-refractivity contribution >= 4 is 23.2 Å². The number of hydrogen-bond donors (Lipinski definition) is 3. The summed E-state index contributed by atoms with van der Waals surface area (Å²) < 4.78 is 22.4. The SMILES string of the molecule is COC1(C(=O)N[C@@H](C)c2ccc(-n3cc(F)cn3)nc2)CCC(c2nc(Nc3cc(C)[nH]n3)cc3nncn23)CC1. The van der Waals surface area contributed by atoms with E-state index in [0.29, 0.717) is 48.8 Å². The lowest BCUT2D eigenvalue weighted by Crippen LogP contribution is -2.51. The van der Waals surface area contributed by atoms with Gasteiger partial charge in [-0.3, -0.25) is 14.3 Å². The van der Waals surface area contributed by atoms with Crippen LogP contribution in [0.1, 0.15) is 61.6 Å². The maximum Gasteiger partial charge on any atom is 0.252 e. The lowest BCUT2D eigenvalue weighted by Gasteiger charge is -2.38. The van der Waals surface area contributed by atoms with Crippen LogP contribution in [0.15, 0.2) is 49.2 Å². The third kappa shape index (κ3) is 5.25. The van der Waals surface area contributed by atoms with E-state index in [1.807, 2.05) is 36.4 Å². The Morgan fingerprint density at radius 3 is 2.71 bits per heavy atom. The van der Waals surface area contributed by atoms with Gasteiger partial charge in [-0.25, -0.2) is 19.0 Å². The van der Waals surface area contributed by atoms with Gasteiger partial charge in [0.25, 0.3) is 5.91 Å². The molecular weight excluding hydrogens is 529 g/mol. The van der Waals surface area contributed by atoms with E-state index in [0.717, 1.165) is 23.3 Å². The van der Waals surface area contributed by atoms with E-state index in [4.69, 9.17) is 9.72 Å². The van der Waals surface area contributed by atoms with E-state index >= 15 is 0 Å². The average molecular weight is 560 g/mol. The lowest BCUT2D eigenvalue weighted by molar-refractivity contribution is -0.148. The van der Waals surface area contributed by atoms with Gasteiger partial charge in [-0.05, 0) is 51.2 Å². The first kappa shape index (κ1) is 26.5. The van der Waals surface area contributed by atoms with Crippen LogP contribution in [-0.2, 0) is 9.53 Å². The van der Waals surface area contributed by atoms with E-state index in [-0.39, 0.29) is 17.9 Å². The summed E-state index contributed by atoms with van der Waals surface area (Å²) in [5, 5.41) is 25.7. The molecule has 1 aliphatic rings. The first-order chi connectivity index (χ1) is 19.8. The summed E-state index contributed by atoms with van der Waals surface area (Å²) in [4.78, 5) is 22.8. The number of aryl methyl sites for hydroxylation is 1. The molecule has 1 aliphatic carbocycles. The first-order valence-corrected chi connectivity index (χ1v) is 13.4. The molecule has 212 valence electrons. The number of hydrogen-bond acceptors (Lipinski definition) is 9. The van der Waals surface area contributed by atoms with Crippen molar-refractivity contribution in [1.82, 2.24) is 49.9 Å². The molecular formula is C27H30FN11O2. The fourth-order valence-electron chi connectivity index (χ4n) is 5.31. The van der Waals surface area contributed by atoms with Gasteiger partial charge >= 0.3 is 0 Å². The van der Waals surface area contributed by atoms with Gasteiger partial charge < -0.3 is 15.4 Å². The maximum atomic E-state index is 13.5. The van der Waals surface area contributed by atoms with E-state index in [9.17, 15) is 9.18 Å². The van der Waals surface area contributed by atoms with Crippen LogP contribution < -0.4 is 10.6 Å². The van der Waals surface area contributed by atoms with Gasteiger partial charge in [0.15, 0.2) is 23.1 Å². The zero-order valence-corrected chi connectivity index (χ0v) is 22.9. The fraction of sp³-hybridized carbons (Fsp3) is 0.370. The number of amides is 1. The molecule has 41 heavy (non-hydrogen) atoms. The first-order valence-electron chi connectivity index (χ1n) is 13.4. The second-order valence-electron chi connectivity index (χ2n) is 10.3. The molecule has 1 saturated carbocycles. The molecule has 13 nitrogen and oxygen atoms in total. The number of nitrogens with one attached hydrogen (secondary N) is 3. The highest BCUT2D eigenvalue weighted by atomic mass is 19.1. The third-order valence-electron chi connectivity index (χ3n) is 7.65. The fourth-order valence-corrected chi connectivity index (χ4v) is 5.31. The Hall–Kier alpha value is -4.72. The minimum absolute atomic E-state index is 0.0774. The Morgan fingerprint density at radius 1 is 1.22 bits per heavy atom. The van der Waals surface area contributed by atoms with E-state index in [1.54, 1.807) is 25.7 Å². The van der Waals surface area contributed by atoms with Crippen molar-refractivity contribution in [2.45, 2.75) is 57.1 Å². The summed E-state index contributed by atoms with van der Waals surface area (Å²) in [7, 11) is 1.58. The van der Waals surface area contributed by atoms with Crippen molar-refractivity contribution in [1.29, 1.82) is 0 Å². The summed E-state index contributed by atoms with van der Waals surface area (Å²) in [6, 6.07) is 6.98. The van der Waals surface area contributed by atoms with Gasteiger partial charge in [0.1, 0.15) is 23.6 Å². The van der Waals surface area contributed by atoms with Gasteiger partial charge in [-0.1, -0.05) is 6.07 Å². The van der Waals surface area contributed by atoms with E-state index in [1.165, 1.54) is 10.9 Å². The average Bonchev–Trinajstić information content (AvgIpc) is 3.74. The lowest BCUT2D eigenvalue weighted by atomic mass is 9.77. The second-order valence-corrected chi connectivity index (χ2v) is 10.3. The van der Waals surface area contributed by atoms with Crippen molar-refractivity contribution < 1.29 is 13.9 Å². The topological polar surface area (TPSA) is 153 Å². The van der Waals surface area contributed by atoms with Crippen molar-refractivity contribution in [2.75, 3.05) is 12.4 Å². The van der Waals surface area contributed by atoms with Crippen LogP contribution in [0.25, 0.3) is 11.5 Å². The molecule has 0 bridgehead atoms. The molecule has 5 aromatic heterocycles. The summed E-state index contributed by atoms with van der Waals surface area (Å²) in [6.45, 7) is 3.82. The Balaban J connectivity index is 1.14. The number of aromatic nitrogens is 9. The number of pyridine rings is 1. The van der Waals surface area contributed by atoms with Crippen LogP contribution in [0.3, 0.4) is 0 Å². The zero-order chi connectivity index (χ0) is 28.6. The minimum atomic E-state index is -0.959. The number of halogens is 1. The van der Waals surface area contributed by atoms with Gasteiger partial charge in [0.05, 0.1) is 18.4 Å². The molecule has 3 N–H and O–H groups in total. The second kappa shape index (κ2) is 10.7. The Bertz CT molecular complexity index is 1670. The number of rotatable bonds is 8. The third-order valence-corrected chi connectivity index (χ3v) is 7.65. The van der Waals surface area contributed by atoms with Crippen molar-refractivity contribution in [3.63, 3.8) is 0 Å². The molecule has 5 aromatic rings. The molecule has 6 rings (SSSR count). The van der Waals surface area contributed by atoms with E-state index in [2.05, 4.69) is 41.1 Å². The molecule has 1 fully saturated rings. The summed E-state index contributed by atoms with van der Waals surface area (Å²) >= 11 is 0. The van der Waals surface area contributed by atoms with E-state index < -0.39 is 11.4 Å². The number of methoxy groups -OCH3 is 1. The number of nitrogens with zero attached hydrogens (tertiary/aromatic N) is 8. The van der Waals surface area contributed by atoms with Crippen LogP contribution in [0.5, 0.6) is 0 Å². The molecule has 14 heteroatoms. The molecule has 0 aliphatic heterocycles. The highest BCUT2D eigenvalue weighted by molar-refractivity contribution is 5.85. The van der Waals surface area contributed by atoms with Crippen molar-refractivity contribution in [3.05, 3.63) is 72.1 Å². The minimum Gasteiger partial charge on any atom is -0.368 e. The Kier molecular flexibility index (Phi) is 6.91. The molecule has 1 amide bonds. The molecule has 0 radical (unpaired) electrons. The van der Waals surface area contributed by atoms with Crippen LogP contribution in [-0.4, -0.2) is 63.2 Å². The van der Waals surface area contributed by atoms with Crippen molar-refractivity contribution in [3.8, 4) is 5.82 Å². The van der Waals surface area contributed by atoms with Crippen LogP contribution >= 0.6 is 0 Å². The quantitative estimate of drug-likeness (QED) is 0.259. The van der Waals surface area contributed by atoms with Gasteiger partial charge in [-0.2, -0.15) is 10.2 Å². The Morgan fingerprint density at radius 2 is 2.05 bits per heavy atom. The number of carbonyl (C=O) groups is 1. The predicted molar refractivity (Wildman–Crippen MR) is 146 cm³/mol. The molecule has 0 saturated heterocycles. The number of aromatic amines is 1. The standard InChI is InChI=1S/C27H30FN11O2/c1-16-10-22(36-35-16)33-21-11-24-37-30-15-38(24)25(34-21)18-6-8-27(41-3,9-7-18)26(40)32-17(2)19-4-5-23(29-12-19)39-14-20(28)13-31-39/h4-5,10-15,17-18H,6-9H2,1-3H3,(H,32,40)(H2,33,35,36)/t17-,18?,27?/m0/s1. The molecule has 0 unspecified atom stereocenters. The highest BCUT2D eigenvalue weighted by Crippen LogP contribution is 2.40. The predicted octanol–water partition coefficient (Wildman–Crippen LogP) is 3.54.